The number of nitrogens with zero attached hydrogens (tertiary/aromatic N) is 3. The Balaban J connectivity index is 2.07. The number of amides is 1. The fourth-order valence-electron chi connectivity index (χ4n) is 2.35. The summed E-state index contributed by atoms with van der Waals surface area (Å²) in [6, 6.07) is 5.63. The van der Waals surface area contributed by atoms with Gasteiger partial charge in [0, 0.05) is 7.11 Å². The van der Waals surface area contributed by atoms with Gasteiger partial charge in [-0.25, -0.2) is 4.39 Å². The highest BCUT2D eigenvalue weighted by molar-refractivity contribution is 7.99. The summed E-state index contributed by atoms with van der Waals surface area (Å²) in [5.74, 6) is -1.19. The van der Waals surface area contributed by atoms with Gasteiger partial charge in [-0.3, -0.25) is 9.36 Å². The Morgan fingerprint density at radius 1 is 1.31 bits per heavy atom. The zero-order valence-corrected chi connectivity index (χ0v) is 16.5. The maximum atomic E-state index is 13.7. The molecule has 1 heterocycles. The summed E-state index contributed by atoms with van der Waals surface area (Å²) in [7, 11) is 1.51. The molecule has 7 nitrogen and oxygen atoms in total. The molecule has 0 aliphatic carbocycles. The highest BCUT2D eigenvalue weighted by Crippen LogP contribution is 2.24. The number of carbonyl (C=O) groups is 1. The molecule has 2 aromatic rings. The van der Waals surface area contributed by atoms with Gasteiger partial charge in [0.1, 0.15) is 13.2 Å². The predicted molar refractivity (Wildman–Crippen MR) is 97.1 cm³/mol. The number of aromatic nitrogens is 3. The van der Waals surface area contributed by atoms with Crippen molar-refractivity contribution >= 4 is 17.7 Å². The van der Waals surface area contributed by atoms with Gasteiger partial charge in [-0.2, -0.15) is 13.2 Å². The first-order valence-corrected chi connectivity index (χ1v) is 9.46. The summed E-state index contributed by atoms with van der Waals surface area (Å²) in [6.07, 6.45) is -4.48. The minimum atomic E-state index is -4.48. The lowest BCUT2D eigenvalue weighted by Gasteiger charge is -2.17. The molecule has 0 radical (unpaired) electrons. The van der Waals surface area contributed by atoms with Crippen LogP contribution in [0.5, 0.6) is 5.75 Å². The Morgan fingerprint density at radius 2 is 2.03 bits per heavy atom. The third-order valence-electron chi connectivity index (χ3n) is 3.60. The van der Waals surface area contributed by atoms with Crippen LogP contribution in [0.2, 0.25) is 0 Å². The van der Waals surface area contributed by atoms with E-state index in [1.54, 1.807) is 16.0 Å². The van der Waals surface area contributed by atoms with E-state index in [2.05, 4.69) is 10.2 Å². The maximum absolute atomic E-state index is 13.7. The lowest BCUT2D eigenvalue weighted by atomic mass is 10.3. The van der Waals surface area contributed by atoms with E-state index in [0.717, 1.165) is 11.8 Å². The van der Waals surface area contributed by atoms with Gasteiger partial charge in [0.05, 0.1) is 18.4 Å². The normalized spacial score (nSPS) is 12.6. The molecule has 0 spiro atoms. The first-order valence-electron chi connectivity index (χ1n) is 8.47. The van der Waals surface area contributed by atoms with Crippen LogP contribution in [0.4, 0.5) is 17.6 Å². The van der Waals surface area contributed by atoms with Crippen LogP contribution in [0.15, 0.2) is 29.4 Å². The van der Waals surface area contributed by atoms with Gasteiger partial charge >= 0.3 is 6.18 Å². The van der Waals surface area contributed by atoms with Crippen molar-refractivity contribution in [2.45, 2.75) is 30.9 Å². The first kappa shape index (κ1) is 22.9. The number of para-hydroxylation sites is 1. The van der Waals surface area contributed by atoms with Gasteiger partial charge in [0.2, 0.25) is 5.91 Å². The Labute approximate surface area is 168 Å². The molecule has 0 saturated carbocycles. The van der Waals surface area contributed by atoms with Crippen molar-refractivity contribution in [2.24, 2.45) is 0 Å². The molecular formula is C17H20F4N4O3S. The first-order chi connectivity index (χ1) is 13.7. The van der Waals surface area contributed by atoms with Gasteiger partial charge in [0.15, 0.2) is 22.5 Å². The van der Waals surface area contributed by atoms with Crippen molar-refractivity contribution in [3.63, 3.8) is 0 Å². The molecule has 1 unspecified atom stereocenters. The molecule has 2 rings (SSSR count). The van der Waals surface area contributed by atoms with Crippen molar-refractivity contribution in [1.82, 2.24) is 20.1 Å². The molecule has 1 amide bonds. The minimum absolute atomic E-state index is 0.0437. The Kier molecular flexibility index (Phi) is 8.26. The highest BCUT2D eigenvalue weighted by Gasteiger charge is 2.28. The highest BCUT2D eigenvalue weighted by atomic mass is 32.2. The van der Waals surface area contributed by atoms with Crippen molar-refractivity contribution in [2.75, 3.05) is 26.0 Å². The third kappa shape index (κ3) is 7.20. The van der Waals surface area contributed by atoms with Crippen molar-refractivity contribution < 1.29 is 31.8 Å². The van der Waals surface area contributed by atoms with E-state index in [1.807, 2.05) is 6.92 Å². The summed E-state index contributed by atoms with van der Waals surface area (Å²) >= 11 is 0.930. The van der Waals surface area contributed by atoms with Crippen LogP contribution in [0, 0.1) is 5.82 Å². The van der Waals surface area contributed by atoms with Crippen molar-refractivity contribution in [3.8, 4) is 5.75 Å². The molecule has 12 heteroatoms. The summed E-state index contributed by atoms with van der Waals surface area (Å²) in [5.41, 5.74) is 0. The van der Waals surface area contributed by atoms with Crippen LogP contribution in [0.3, 0.4) is 0 Å². The van der Waals surface area contributed by atoms with Crippen LogP contribution in [-0.4, -0.2) is 52.9 Å². The Hall–Kier alpha value is -2.34. The summed E-state index contributed by atoms with van der Waals surface area (Å²) in [5, 5.41) is 10.1. The quantitative estimate of drug-likeness (QED) is 0.456. The lowest BCUT2D eigenvalue weighted by Crippen LogP contribution is -2.34. The van der Waals surface area contributed by atoms with E-state index in [9.17, 15) is 22.4 Å². The second-order valence-corrected chi connectivity index (χ2v) is 6.92. The second kappa shape index (κ2) is 10.4. The van der Waals surface area contributed by atoms with E-state index < -0.39 is 24.4 Å². The van der Waals surface area contributed by atoms with E-state index in [1.165, 1.54) is 25.3 Å². The van der Waals surface area contributed by atoms with Gasteiger partial charge in [-0.05, 0) is 19.1 Å². The maximum Gasteiger partial charge on any atom is 0.405 e. The van der Waals surface area contributed by atoms with E-state index in [4.69, 9.17) is 9.47 Å². The van der Waals surface area contributed by atoms with Crippen LogP contribution >= 0.6 is 11.8 Å². The van der Waals surface area contributed by atoms with Gasteiger partial charge in [0.25, 0.3) is 0 Å². The van der Waals surface area contributed by atoms with Crippen molar-refractivity contribution in [1.29, 1.82) is 0 Å². The molecule has 1 N–H and O–H groups in total. The molecule has 160 valence electrons. The number of nitrogens with one attached hydrogen (secondary N) is 1. The average molecular weight is 436 g/mol. The van der Waals surface area contributed by atoms with Crippen LogP contribution in [0.1, 0.15) is 18.8 Å². The van der Waals surface area contributed by atoms with E-state index in [0.29, 0.717) is 17.6 Å². The molecule has 1 aromatic heterocycles. The van der Waals surface area contributed by atoms with Gasteiger partial charge in [-0.1, -0.05) is 23.9 Å². The summed E-state index contributed by atoms with van der Waals surface area (Å²) < 4.78 is 62.5. The van der Waals surface area contributed by atoms with Crippen molar-refractivity contribution in [3.05, 3.63) is 35.9 Å². The minimum Gasteiger partial charge on any atom is -0.483 e. The monoisotopic (exact) mass is 436 g/mol. The molecule has 0 bridgehead atoms. The smallest absolute Gasteiger partial charge is 0.405 e. The second-order valence-electron chi connectivity index (χ2n) is 5.97. The number of alkyl halides is 3. The molecule has 1 atom stereocenters. The molecule has 0 fully saturated rings. The number of ether oxygens (including phenoxy) is 2. The molecular weight excluding hydrogens is 416 g/mol. The number of rotatable bonds is 10. The van der Waals surface area contributed by atoms with Gasteiger partial charge < -0.3 is 14.8 Å². The number of methoxy groups -OCH3 is 1. The number of thioether (sulfide) groups is 1. The zero-order chi connectivity index (χ0) is 21.4. The topological polar surface area (TPSA) is 78.3 Å². The largest absolute Gasteiger partial charge is 0.483 e. The number of benzene rings is 1. The van der Waals surface area contributed by atoms with Crippen LogP contribution < -0.4 is 10.1 Å². The van der Waals surface area contributed by atoms with Crippen LogP contribution in [-0.2, 0) is 16.1 Å². The number of halogens is 4. The molecule has 0 saturated heterocycles. The number of carbonyl (C=O) groups excluding carboxylic acids is 1. The fourth-order valence-corrected chi connectivity index (χ4v) is 3.23. The molecule has 0 aliphatic heterocycles. The third-order valence-corrected chi connectivity index (χ3v) is 4.54. The Morgan fingerprint density at radius 3 is 2.69 bits per heavy atom. The fraction of sp³-hybridized carbons (Fsp3) is 0.471. The molecule has 1 aromatic carbocycles. The SMILES string of the molecule is COCC(C)n1c(COc2ccccc2F)nnc1SCC(=O)NCC(F)(F)F. The Bertz CT molecular complexity index is 816. The molecule has 29 heavy (non-hydrogen) atoms. The lowest BCUT2D eigenvalue weighted by molar-refractivity contribution is -0.136. The predicted octanol–water partition coefficient (Wildman–Crippen LogP) is 2.97. The zero-order valence-electron chi connectivity index (χ0n) is 15.7. The standard InChI is InChI=1S/C17H20F4N4O3S/c1-11(7-27-2)25-14(8-28-13-6-4-3-5-12(13)18)23-24-16(25)29-9-15(26)22-10-17(19,20)21/h3-6,11H,7-10H2,1-2H3,(H,22,26). The van der Waals surface area contributed by atoms with E-state index in [-0.39, 0.29) is 24.2 Å². The van der Waals surface area contributed by atoms with Crippen LogP contribution in [0.25, 0.3) is 0 Å². The average Bonchev–Trinajstić information content (AvgIpc) is 3.06. The number of hydrogen-bond acceptors (Lipinski definition) is 6. The van der Waals surface area contributed by atoms with E-state index >= 15 is 0 Å². The summed E-state index contributed by atoms with van der Waals surface area (Å²) in [4.78, 5) is 11.6. The number of hydrogen-bond donors (Lipinski definition) is 1. The summed E-state index contributed by atoms with van der Waals surface area (Å²) in [6.45, 7) is 0.607. The van der Waals surface area contributed by atoms with Gasteiger partial charge in [-0.15, -0.1) is 10.2 Å². The molecule has 0 aliphatic rings.